The highest BCUT2D eigenvalue weighted by molar-refractivity contribution is 6.30. The SMILES string of the molecule is Cc1nc(Cc2c(-c3ccccc3)nc3ccc(Cl)cn23)n[nH]1. The standard InChI is InChI=1S/C17H14ClN5/c1-11-19-15(22-21-11)9-14-17(12-5-3-2-4-6-12)20-16-8-7-13(18)10-23(14)16/h2-8,10H,9H2,1H3,(H,19,21,22). The van der Waals surface area contributed by atoms with Crippen molar-refractivity contribution in [3.8, 4) is 11.3 Å². The minimum atomic E-state index is 0.579. The molecule has 0 radical (unpaired) electrons. The lowest BCUT2D eigenvalue weighted by Crippen LogP contribution is -1.98. The summed E-state index contributed by atoms with van der Waals surface area (Å²) in [5, 5.41) is 7.80. The predicted molar refractivity (Wildman–Crippen MR) is 89.6 cm³/mol. The number of hydrogen-bond donors (Lipinski definition) is 1. The van der Waals surface area contributed by atoms with E-state index in [0.717, 1.165) is 34.2 Å². The van der Waals surface area contributed by atoms with E-state index in [2.05, 4.69) is 27.3 Å². The van der Waals surface area contributed by atoms with Gasteiger partial charge in [-0.15, -0.1) is 0 Å². The van der Waals surface area contributed by atoms with Gasteiger partial charge in [-0.2, -0.15) is 5.10 Å². The topological polar surface area (TPSA) is 58.9 Å². The smallest absolute Gasteiger partial charge is 0.156 e. The van der Waals surface area contributed by atoms with Crippen molar-refractivity contribution in [1.82, 2.24) is 24.6 Å². The molecule has 23 heavy (non-hydrogen) atoms. The van der Waals surface area contributed by atoms with Crippen LogP contribution in [-0.4, -0.2) is 24.6 Å². The second-order valence-electron chi connectivity index (χ2n) is 5.36. The van der Waals surface area contributed by atoms with Crippen molar-refractivity contribution in [2.45, 2.75) is 13.3 Å². The van der Waals surface area contributed by atoms with Gasteiger partial charge in [-0.1, -0.05) is 41.9 Å². The van der Waals surface area contributed by atoms with Gasteiger partial charge in [-0.3, -0.25) is 5.10 Å². The Bertz CT molecular complexity index is 971. The fraction of sp³-hybridized carbons (Fsp3) is 0.118. The van der Waals surface area contributed by atoms with Crippen molar-refractivity contribution < 1.29 is 0 Å². The summed E-state index contributed by atoms with van der Waals surface area (Å²) in [5.41, 5.74) is 3.87. The molecular weight excluding hydrogens is 310 g/mol. The number of benzene rings is 1. The summed E-state index contributed by atoms with van der Waals surface area (Å²) in [6, 6.07) is 13.9. The Labute approximate surface area is 138 Å². The number of aromatic amines is 1. The van der Waals surface area contributed by atoms with Gasteiger partial charge in [0.15, 0.2) is 5.82 Å². The molecule has 3 heterocycles. The molecule has 0 aliphatic rings. The largest absolute Gasteiger partial charge is 0.301 e. The van der Waals surface area contributed by atoms with E-state index < -0.39 is 0 Å². The van der Waals surface area contributed by atoms with Gasteiger partial charge in [0.05, 0.1) is 22.8 Å². The Hall–Kier alpha value is -2.66. The molecule has 0 aliphatic carbocycles. The van der Waals surface area contributed by atoms with Gasteiger partial charge in [0.1, 0.15) is 11.5 Å². The molecule has 4 rings (SSSR count). The number of rotatable bonds is 3. The second-order valence-corrected chi connectivity index (χ2v) is 5.80. The number of imidazole rings is 1. The molecule has 0 fully saturated rings. The first-order valence-corrected chi connectivity index (χ1v) is 7.68. The fourth-order valence-corrected chi connectivity index (χ4v) is 2.84. The molecule has 6 heteroatoms. The Morgan fingerprint density at radius 2 is 1.91 bits per heavy atom. The molecule has 5 nitrogen and oxygen atoms in total. The van der Waals surface area contributed by atoms with Crippen LogP contribution >= 0.6 is 11.6 Å². The number of pyridine rings is 1. The molecular formula is C17H14ClN5. The summed E-state index contributed by atoms with van der Waals surface area (Å²) >= 11 is 6.17. The summed E-state index contributed by atoms with van der Waals surface area (Å²) in [6.07, 6.45) is 2.46. The number of nitrogens with one attached hydrogen (secondary N) is 1. The lowest BCUT2D eigenvalue weighted by Gasteiger charge is -2.03. The number of nitrogens with zero attached hydrogens (tertiary/aromatic N) is 4. The summed E-state index contributed by atoms with van der Waals surface area (Å²) in [4.78, 5) is 9.17. The third-order valence-corrected chi connectivity index (χ3v) is 3.92. The second kappa shape index (κ2) is 5.52. The van der Waals surface area contributed by atoms with E-state index in [1.165, 1.54) is 0 Å². The molecule has 0 spiro atoms. The van der Waals surface area contributed by atoms with E-state index in [9.17, 15) is 0 Å². The summed E-state index contributed by atoms with van der Waals surface area (Å²) in [5.74, 6) is 1.54. The van der Waals surface area contributed by atoms with E-state index in [-0.39, 0.29) is 0 Å². The third kappa shape index (κ3) is 2.59. The van der Waals surface area contributed by atoms with Crippen molar-refractivity contribution in [3.05, 3.63) is 71.0 Å². The number of fused-ring (bicyclic) bond motifs is 1. The molecule has 0 aliphatic heterocycles. The van der Waals surface area contributed by atoms with E-state index in [1.807, 2.05) is 47.9 Å². The molecule has 4 aromatic rings. The maximum Gasteiger partial charge on any atom is 0.156 e. The number of hydrogen-bond acceptors (Lipinski definition) is 3. The average Bonchev–Trinajstić information content (AvgIpc) is 3.13. The van der Waals surface area contributed by atoms with Crippen LogP contribution in [0.3, 0.4) is 0 Å². The lowest BCUT2D eigenvalue weighted by molar-refractivity contribution is 0.928. The van der Waals surface area contributed by atoms with Crippen LogP contribution in [0.2, 0.25) is 5.02 Å². The Kier molecular flexibility index (Phi) is 3.35. The average molecular weight is 324 g/mol. The number of H-pyrrole nitrogens is 1. The molecule has 1 N–H and O–H groups in total. The van der Waals surface area contributed by atoms with Crippen LogP contribution in [0.1, 0.15) is 17.3 Å². The van der Waals surface area contributed by atoms with E-state index in [4.69, 9.17) is 16.6 Å². The third-order valence-electron chi connectivity index (χ3n) is 3.70. The van der Waals surface area contributed by atoms with Crippen LogP contribution in [-0.2, 0) is 6.42 Å². The highest BCUT2D eigenvalue weighted by atomic mass is 35.5. The molecule has 0 saturated carbocycles. The Morgan fingerprint density at radius 3 is 2.65 bits per heavy atom. The molecule has 1 aromatic carbocycles. The summed E-state index contributed by atoms with van der Waals surface area (Å²) in [7, 11) is 0. The van der Waals surface area contributed by atoms with Gasteiger partial charge in [0.2, 0.25) is 0 Å². The summed E-state index contributed by atoms with van der Waals surface area (Å²) in [6.45, 7) is 1.89. The molecule has 0 unspecified atom stereocenters. The maximum atomic E-state index is 6.17. The van der Waals surface area contributed by atoms with Crippen LogP contribution in [0.4, 0.5) is 0 Å². The Balaban J connectivity index is 1.92. The van der Waals surface area contributed by atoms with E-state index in [1.54, 1.807) is 0 Å². The molecule has 0 bridgehead atoms. The Morgan fingerprint density at radius 1 is 1.09 bits per heavy atom. The van der Waals surface area contributed by atoms with E-state index >= 15 is 0 Å². The molecule has 0 amide bonds. The van der Waals surface area contributed by atoms with Gasteiger partial charge < -0.3 is 4.40 Å². The molecule has 0 saturated heterocycles. The fourth-order valence-electron chi connectivity index (χ4n) is 2.68. The first kappa shape index (κ1) is 14.0. The maximum absolute atomic E-state index is 6.17. The number of aromatic nitrogens is 5. The van der Waals surface area contributed by atoms with Gasteiger partial charge >= 0.3 is 0 Å². The van der Waals surface area contributed by atoms with Gasteiger partial charge in [-0.25, -0.2) is 9.97 Å². The van der Waals surface area contributed by atoms with Gasteiger partial charge in [-0.05, 0) is 19.1 Å². The zero-order chi connectivity index (χ0) is 15.8. The van der Waals surface area contributed by atoms with Crippen LogP contribution < -0.4 is 0 Å². The van der Waals surface area contributed by atoms with Crippen molar-refractivity contribution in [2.24, 2.45) is 0 Å². The lowest BCUT2D eigenvalue weighted by atomic mass is 10.1. The predicted octanol–water partition coefficient (Wildman–Crippen LogP) is 3.67. The zero-order valence-electron chi connectivity index (χ0n) is 12.5. The first-order valence-electron chi connectivity index (χ1n) is 7.30. The minimum absolute atomic E-state index is 0.579. The van der Waals surface area contributed by atoms with Crippen molar-refractivity contribution in [3.63, 3.8) is 0 Å². The van der Waals surface area contributed by atoms with Crippen LogP contribution in [0.15, 0.2) is 48.7 Å². The molecule has 0 atom stereocenters. The highest BCUT2D eigenvalue weighted by Gasteiger charge is 2.16. The zero-order valence-corrected chi connectivity index (χ0v) is 13.2. The number of aryl methyl sites for hydroxylation is 1. The normalized spacial score (nSPS) is 11.2. The summed E-state index contributed by atoms with van der Waals surface area (Å²) < 4.78 is 2.01. The monoisotopic (exact) mass is 323 g/mol. The van der Waals surface area contributed by atoms with Crippen molar-refractivity contribution >= 4 is 17.2 Å². The quantitative estimate of drug-likeness (QED) is 0.625. The molecule has 3 aromatic heterocycles. The minimum Gasteiger partial charge on any atom is -0.301 e. The van der Waals surface area contributed by atoms with Gasteiger partial charge in [0.25, 0.3) is 0 Å². The number of halogens is 1. The van der Waals surface area contributed by atoms with Gasteiger partial charge in [0, 0.05) is 11.8 Å². The van der Waals surface area contributed by atoms with Crippen molar-refractivity contribution in [2.75, 3.05) is 0 Å². The first-order chi connectivity index (χ1) is 11.2. The van der Waals surface area contributed by atoms with Crippen LogP contribution in [0.25, 0.3) is 16.9 Å². The highest BCUT2D eigenvalue weighted by Crippen LogP contribution is 2.27. The van der Waals surface area contributed by atoms with Crippen LogP contribution in [0.5, 0.6) is 0 Å². The van der Waals surface area contributed by atoms with Crippen LogP contribution in [0, 0.1) is 6.92 Å². The van der Waals surface area contributed by atoms with E-state index in [0.29, 0.717) is 11.4 Å². The van der Waals surface area contributed by atoms with Crippen molar-refractivity contribution in [1.29, 1.82) is 0 Å². The molecule has 114 valence electrons.